The number of hydrogen-bond acceptors (Lipinski definition) is 2. The summed E-state index contributed by atoms with van der Waals surface area (Å²) in [5, 5.41) is 2.69. The Labute approximate surface area is 93.4 Å². The van der Waals surface area contributed by atoms with Gasteiger partial charge in [-0.15, -0.1) is 11.3 Å². The first-order valence-corrected chi connectivity index (χ1v) is 5.88. The van der Waals surface area contributed by atoms with E-state index in [0.717, 1.165) is 10.1 Å². The van der Waals surface area contributed by atoms with Crippen molar-refractivity contribution in [3.63, 3.8) is 0 Å². The lowest BCUT2D eigenvalue weighted by Gasteiger charge is -2.19. The van der Waals surface area contributed by atoms with Crippen molar-refractivity contribution >= 4 is 21.4 Å². The summed E-state index contributed by atoms with van der Waals surface area (Å²) in [7, 11) is 0. The fourth-order valence-electron chi connectivity index (χ4n) is 1.55. The average molecular weight is 218 g/mol. The summed E-state index contributed by atoms with van der Waals surface area (Å²) < 4.78 is 1.07. The molecule has 2 heteroatoms. The molecule has 0 aliphatic heterocycles. The van der Waals surface area contributed by atoms with E-state index in [4.69, 9.17) is 0 Å². The Morgan fingerprint density at radius 1 is 1.13 bits per heavy atom. The van der Waals surface area contributed by atoms with E-state index in [1.54, 1.807) is 17.4 Å². The van der Waals surface area contributed by atoms with Gasteiger partial charge in [0.1, 0.15) is 0 Å². The van der Waals surface area contributed by atoms with Crippen molar-refractivity contribution in [2.75, 3.05) is 0 Å². The van der Waals surface area contributed by atoms with Gasteiger partial charge in [-0.05, 0) is 34.6 Å². The Morgan fingerprint density at radius 2 is 1.87 bits per heavy atom. The van der Waals surface area contributed by atoms with Crippen LogP contribution in [0.15, 0.2) is 34.4 Å². The maximum atomic E-state index is 11.7. The molecular weight excluding hydrogens is 204 g/mol. The van der Waals surface area contributed by atoms with Gasteiger partial charge >= 0.3 is 0 Å². The molecule has 0 N–H and O–H groups in total. The number of benzene rings is 1. The van der Waals surface area contributed by atoms with Crippen molar-refractivity contribution < 1.29 is 0 Å². The van der Waals surface area contributed by atoms with E-state index in [9.17, 15) is 4.79 Å². The maximum Gasteiger partial charge on any atom is 0.188 e. The predicted molar refractivity (Wildman–Crippen MR) is 66.8 cm³/mol. The zero-order chi connectivity index (χ0) is 11.1. The van der Waals surface area contributed by atoms with Crippen molar-refractivity contribution in [3.05, 3.63) is 45.4 Å². The lowest BCUT2D eigenvalue weighted by Crippen LogP contribution is -2.11. The van der Waals surface area contributed by atoms with Gasteiger partial charge in [0.15, 0.2) is 5.43 Å². The Morgan fingerprint density at radius 3 is 2.53 bits per heavy atom. The average Bonchev–Trinajstić information content (AvgIpc) is 2.16. The zero-order valence-corrected chi connectivity index (χ0v) is 10.0. The molecule has 2 aromatic rings. The minimum absolute atomic E-state index is 0.0984. The summed E-state index contributed by atoms with van der Waals surface area (Å²) in [6, 6.07) is 7.81. The quantitative estimate of drug-likeness (QED) is 0.660. The molecule has 0 aliphatic rings. The molecule has 0 spiro atoms. The predicted octanol–water partition coefficient (Wildman–Crippen LogP) is 3.56. The molecule has 1 aromatic heterocycles. The number of fused-ring (bicyclic) bond motifs is 1. The van der Waals surface area contributed by atoms with Crippen LogP contribution < -0.4 is 5.43 Å². The molecule has 0 saturated heterocycles. The van der Waals surface area contributed by atoms with Crippen LogP contribution in [-0.2, 0) is 5.41 Å². The highest BCUT2D eigenvalue weighted by Gasteiger charge is 2.14. The van der Waals surface area contributed by atoms with Crippen LogP contribution in [0.4, 0.5) is 0 Å². The monoisotopic (exact) mass is 218 g/mol. The molecule has 0 aliphatic carbocycles. The molecule has 0 amide bonds. The van der Waals surface area contributed by atoms with Gasteiger partial charge in [0.2, 0.25) is 0 Å². The first kappa shape index (κ1) is 10.4. The molecule has 0 radical (unpaired) electrons. The van der Waals surface area contributed by atoms with Crippen molar-refractivity contribution in [2.24, 2.45) is 0 Å². The van der Waals surface area contributed by atoms with Crippen LogP contribution in [-0.4, -0.2) is 0 Å². The van der Waals surface area contributed by atoms with E-state index < -0.39 is 0 Å². The molecule has 0 saturated carbocycles. The van der Waals surface area contributed by atoms with Gasteiger partial charge in [-0.1, -0.05) is 26.8 Å². The van der Waals surface area contributed by atoms with E-state index in [0.29, 0.717) is 0 Å². The maximum absolute atomic E-state index is 11.7. The van der Waals surface area contributed by atoms with Crippen LogP contribution in [0, 0.1) is 0 Å². The molecule has 1 aromatic carbocycles. The van der Waals surface area contributed by atoms with Crippen molar-refractivity contribution in [3.8, 4) is 0 Å². The van der Waals surface area contributed by atoms with E-state index in [1.807, 2.05) is 17.5 Å². The van der Waals surface area contributed by atoms with Crippen LogP contribution in [0.5, 0.6) is 0 Å². The van der Waals surface area contributed by atoms with Crippen LogP contribution >= 0.6 is 11.3 Å². The lowest BCUT2D eigenvalue weighted by molar-refractivity contribution is 0.591. The smallest absolute Gasteiger partial charge is 0.188 e. The molecule has 0 unspecified atom stereocenters. The molecule has 15 heavy (non-hydrogen) atoms. The minimum Gasteiger partial charge on any atom is -0.289 e. The number of hydrogen-bond donors (Lipinski definition) is 0. The Kier molecular flexibility index (Phi) is 2.39. The largest absolute Gasteiger partial charge is 0.289 e. The highest BCUT2D eigenvalue weighted by Crippen LogP contribution is 2.25. The summed E-state index contributed by atoms with van der Waals surface area (Å²) in [4.78, 5) is 11.7. The second-order valence-corrected chi connectivity index (χ2v) is 5.69. The molecular formula is C13H14OS. The number of rotatable bonds is 0. The summed E-state index contributed by atoms with van der Waals surface area (Å²) in [5.41, 5.74) is 1.43. The second kappa shape index (κ2) is 3.46. The second-order valence-electron chi connectivity index (χ2n) is 4.75. The van der Waals surface area contributed by atoms with E-state index >= 15 is 0 Å². The normalized spacial score (nSPS) is 11.9. The van der Waals surface area contributed by atoms with Gasteiger partial charge in [0, 0.05) is 10.1 Å². The third-order valence-corrected chi connectivity index (χ3v) is 3.41. The molecule has 1 heterocycles. The van der Waals surface area contributed by atoms with E-state index in [1.165, 1.54) is 5.56 Å². The zero-order valence-electron chi connectivity index (χ0n) is 9.20. The Hall–Kier alpha value is -1.15. The molecule has 0 bridgehead atoms. The van der Waals surface area contributed by atoms with Crippen molar-refractivity contribution in [1.82, 2.24) is 0 Å². The lowest BCUT2D eigenvalue weighted by atomic mass is 9.86. The van der Waals surface area contributed by atoms with Crippen LogP contribution in [0.3, 0.4) is 0 Å². The summed E-state index contributed by atoms with van der Waals surface area (Å²) in [5.74, 6) is 0. The van der Waals surface area contributed by atoms with Crippen molar-refractivity contribution in [2.45, 2.75) is 26.2 Å². The van der Waals surface area contributed by atoms with Gasteiger partial charge in [-0.25, -0.2) is 0 Å². The van der Waals surface area contributed by atoms with E-state index in [-0.39, 0.29) is 10.8 Å². The van der Waals surface area contributed by atoms with E-state index in [2.05, 4.69) is 26.8 Å². The topological polar surface area (TPSA) is 17.1 Å². The third kappa shape index (κ3) is 1.95. The molecule has 0 atom stereocenters. The van der Waals surface area contributed by atoms with Crippen molar-refractivity contribution in [1.29, 1.82) is 0 Å². The van der Waals surface area contributed by atoms with Gasteiger partial charge in [0.05, 0.1) is 0 Å². The standard InChI is InChI=1S/C13H14OS/c1-13(2,3)9-4-5-12-10(8-9)11(14)6-7-15-12/h4-8H,1-3H3. The SMILES string of the molecule is CC(C)(C)c1ccc2sccc(=O)c2c1. The van der Waals surface area contributed by atoms with Crippen LogP contribution in [0.25, 0.3) is 10.1 Å². The fraction of sp³-hybridized carbons (Fsp3) is 0.308. The third-order valence-electron chi connectivity index (χ3n) is 2.53. The fourth-order valence-corrected chi connectivity index (χ4v) is 2.32. The summed E-state index contributed by atoms with van der Waals surface area (Å²) in [6.45, 7) is 6.47. The highest BCUT2D eigenvalue weighted by atomic mass is 32.1. The molecule has 78 valence electrons. The minimum atomic E-state index is 0.0984. The van der Waals surface area contributed by atoms with Gasteiger partial charge in [0.25, 0.3) is 0 Å². The Bertz CT molecular complexity index is 546. The van der Waals surface area contributed by atoms with Gasteiger partial charge < -0.3 is 0 Å². The summed E-state index contributed by atoms with van der Waals surface area (Å²) >= 11 is 1.61. The Balaban J connectivity index is 2.76. The first-order chi connectivity index (χ1) is 6.98. The first-order valence-electron chi connectivity index (χ1n) is 5.00. The van der Waals surface area contributed by atoms with Crippen LogP contribution in [0.1, 0.15) is 26.3 Å². The van der Waals surface area contributed by atoms with Crippen LogP contribution in [0.2, 0.25) is 0 Å². The molecule has 2 rings (SSSR count). The molecule has 0 fully saturated rings. The summed E-state index contributed by atoms with van der Waals surface area (Å²) in [6.07, 6.45) is 0. The highest BCUT2D eigenvalue weighted by molar-refractivity contribution is 7.16. The van der Waals surface area contributed by atoms with Gasteiger partial charge in [-0.2, -0.15) is 0 Å². The molecule has 1 nitrogen and oxygen atoms in total. The van der Waals surface area contributed by atoms with Gasteiger partial charge in [-0.3, -0.25) is 4.79 Å².